The van der Waals surface area contributed by atoms with E-state index in [1.165, 1.54) is 30.5 Å². The molecule has 0 bridgehead atoms. The number of nitro groups is 1. The summed E-state index contributed by atoms with van der Waals surface area (Å²) in [6.45, 7) is 0.0974. The number of furan rings is 1. The molecule has 0 unspecified atom stereocenters. The molecule has 40 heavy (non-hydrogen) atoms. The van der Waals surface area contributed by atoms with Crippen molar-refractivity contribution in [1.29, 1.82) is 0 Å². The molecule has 0 aliphatic carbocycles. The van der Waals surface area contributed by atoms with Crippen molar-refractivity contribution in [2.45, 2.75) is 0 Å². The normalized spacial score (nSPS) is 12.4. The van der Waals surface area contributed by atoms with Crippen LogP contribution >= 0.6 is 11.6 Å². The van der Waals surface area contributed by atoms with Crippen LogP contribution in [0.25, 0.3) is 17.4 Å². The second-order valence-corrected chi connectivity index (χ2v) is 8.72. The van der Waals surface area contributed by atoms with Gasteiger partial charge in [-0.05, 0) is 54.1 Å². The van der Waals surface area contributed by atoms with E-state index in [0.717, 1.165) is 0 Å². The molecule has 0 saturated carbocycles. The number of benzene rings is 3. The Hall–Kier alpha value is -5.42. The summed E-state index contributed by atoms with van der Waals surface area (Å²) >= 11 is 6.17. The number of fused-ring (bicyclic) bond motifs is 1. The highest BCUT2D eigenvalue weighted by Gasteiger charge is 2.17. The highest BCUT2D eigenvalue weighted by molar-refractivity contribution is 6.33. The number of hydrogen-bond donors (Lipinski definition) is 2. The van der Waals surface area contributed by atoms with Crippen LogP contribution in [-0.2, 0) is 4.79 Å². The van der Waals surface area contributed by atoms with Gasteiger partial charge in [0.15, 0.2) is 11.5 Å². The molecule has 0 fully saturated rings. The lowest BCUT2D eigenvalue weighted by Crippen LogP contribution is -2.32. The minimum atomic E-state index is -0.691. The van der Waals surface area contributed by atoms with Crippen LogP contribution in [0.5, 0.6) is 11.5 Å². The first kappa shape index (κ1) is 26.2. The largest absolute Gasteiger partial charge is 0.455 e. The summed E-state index contributed by atoms with van der Waals surface area (Å²) < 4.78 is 16.4. The molecule has 4 aromatic rings. The maximum atomic E-state index is 13.0. The van der Waals surface area contributed by atoms with E-state index in [1.807, 2.05) is 0 Å². The van der Waals surface area contributed by atoms with E-state index in [2.05, 4.69) is 15.8 Å². The quantitative estimate of drug-likeness (QED) is 0.131. The summed E-state index contributed by atoms with van der Waals surface area (Å²) in [6.07, 6.45) is 2.74. The Bertz CT molecular complexity index is 1660. The molecule has 2 N–H and O–H groups in total. The molecule has 3 aromatic carbocycles. The lowest BCUT2D eigenvalue weighted by molar-refractivity contribution is -0.384. The van der Waals surface area contributed by atoms with Gasteiger partial charge in [-0.1, -0.05) is 35.9 Å². The van der Waals surface area contributed by atoms with E-state index in [9.17, 15) is 19.7 Å². The van der Waals surface area contributed by atoms with Crippen LogP contribution in [-0.4, -0.2) is 29.7 Å². The maximum absolute atomic E-state index is 13.0. The van der Waals surface area contributed by atoms with Crippen LogP contribution in [0.3, 0.4) is 0 Å². The van der Waals surface area contributed by atoms with Gasteiger partial charge in [-0.3, -0.25) is 19.7 Å². The van der Waals surface area contributed by atoms with Gasteiger partial charge in [-0.15, -0.1) is 0 Å². The van der Waals surface area contributed by atoms with E-state index in [4.69, 9.17) is 25.5 Å². The van der Waals surface area contributed by atoms with Crippen LogP contribution in [0.1, 0.15) is 21.7 Å². The Labute approximate surface area is 231 Å². The van der Waals surface area contributed by atoms with Gasteiger partial charge in [0, 0.05) is 23.3 Å². The number of amides is 2. The fraction of sp³-hybridized carbons (Fsp3) is 0.0357. The van der Waals surface area contributed by atoms with Gasteiger partial charge >= 0.3 is 0 Å². The average molecular weight is 559 g/mol. The molecule has 1 aromatic heterocycles. The Morgan fingerprint density at radius 2 is 1.77 bits per heavy atom. The Morgan fingerprint density at radius 3 is 2.55 bits per heavy atom. The van der Waals surface area contributed by atoms with Crippen LogP contribution in [0.15, 0.2) is 94.1 Å². The minimum absolute atomic E-state index is 0.0670. The molecule has 200 valence electrons. The Kier molecular flexibility index (Phi) is 7.56. The van der Waals surface area contributed by atoms with E-state index in [0.29, 0.717) is 33.9 Å². The maximum Gasteiger partial charge on any atom is 0.287 e. The third-order valence-corrected chi connectivity index (χ3v) is 5.96. The van der Waals surface area contributed by atoms with Crippen LogP contribution in [0.4, 0.5) is 5.69 Å². The van der Waals surface area contributed by atoms with Crippen LogP contribution in [0.2, 0.25) is 5.02 Å². The van der Waals surface area contributed by atoms with Crippen molar-refractivity contribution in [1.82, 2.24) is 10.7 Å². The van der Waals surface area contributed by atoms with Crippen molar-refractivity contribution >= 4 is 41.4 Å². The lowest BCUT2D eigenvalue weighted by Gasteiger charge is -2.09. The molecule has 1 aliphatic heterocycles. The van der Waals surface area contributed by atoms with Gasteiger partial charge in [0.25, 0.3) is 17.5 Å². The van der Waals surface area contributed by atoms with E-state index < -0.39 is 16.7 Å². The number of nitrogens with zero attached hydrogens (tertiary/aromatic N) is 2. The highest BCUT2D eigenvalue weighted by Crippen LogP contribution is 2.33. The van der Waals surface area contributed by atoms with Crippen molar-refractivity contribution in [2.75, 3.05) is 6.79 Å². The predicted octanol–water partition coefficient (Wildman–Crippen LogP) is 5.16. The number of carbonyl (C=O) groups excluding carboxylic acids is 2. The van der Waals surface area contributed by atoms with Gasteiger partial charge in [0.2, 0.25) is 6.79 Å². The average Bonchev–Trinajstić information content (AvgIpc) is 3.62. The van der Waals surface area contributed by atoms with Crippen LogP contribution < -0.4 is 20.2 Å². The number of non-ortho nitro benzene ring substituents is 1. The second-order valence-electron chi connectivity index (χ2n) is 8.31. The fourth-order valence-electron chi connectivity index (χ4n) is 3.71. The monoisotopic (exact) mass is 558 g/mol. The molecule has 0 atom stereocenters. The molecule has 5 rings (SSSR count). The first-order valence-corrected chi connectivity index (χ1v) is 12.1. The molecule has 2 amide bonds. The zero-order valence-electron chi connectivity index (χ0n) is 20.5. The van der Waals surface area contributed by atoms with Gasteiger partial charge in [0.05, 0.1) is 16.2 Å². The van der Waals surface area contributed by atoms with E-state index in [1.54, 1.807) is 60.7 Å². The number of nitro benzene ring substituents is 1. The standard InChI is InChI=1S/C28H19ClN4O7/c29-22-14-19(33(36)37)7-9-21(22)24-11-8-20(40-24)15-30-32-28(35)23(31-27(34)18-4-2-1-3-5-18)12-17-6-10-25-26(13-17)39-16-38-25/h1-15H,16H2,(H,31,34)(H,32,35)/b23-12+,30-15+. The van der Waals surface area contributed by atoms with Gasteiger partial charge < -0.3 is 19.2 Å². The first-order chi connectivity index (χ1) is 19.4. The molecule has 2 heterocycles. The molecule has 0 spiro atoms. The third kappa shape index (κ3) is 6.00. The molecule has 1 aliphatic rings. The van der Waals surface area contributed by atoms with Crippen molar-refractivity contribution in [3.8, 4) is 22.8 Å². The molecule has 0 radical (unpaired) electrons. The van der Waals surface area contributed by atoms with E-state index >= 15 is 0 Å². The number of carbonyl (C=O) groups is 2. The smallest absolute Gasteiger partial charge is 0.287 e. The fourth-order valence-corrected chi connectivity index (χ4v) is 3.98. The third-order valence-electron chi connectivity index (χ3n) is 5.65. The number of ether oxygens (including phenoxy) is 2. The van der Waals surface area contributed by atoms with Crippen molar-refractivity contribution in [3.63, 3.8) is 0 Å². The van der Waals surface area contributed by atoms with Crippen molar-refractivity contribution in [3.05, 3.63) is 117 Å². The van der Waals surface area contributed by atoms with Crippen molar-refractivity contribution < 1.29 is 28.4 Å². The topological polar surface area (TPSA) is 145 Å². The number of rotatable bonds is 8. The summed E-state index contributed by atoms with van der Waals surface area (Å²) in [5, 5.41) is 17.6. The number of nitrogens with one attached hydrogen (secondary N) is 2. The summed E-state index contributed by atoms with van der Waals surface area (Å²) in [5.74, 6) is 0.549. The van der Waals surface area contributed by atoms with Gasteiger partial charge in [0.1, 0.15) is 17.2 Å². The SMILES string of the molecule is O=C(N/N=C/c1ccc(-c2ccc([N+](=O)[O-])cc2Cl)o1)/C(=C\c1ccc2c(c1)OCO2)NC(=O)c1ccccc1. The summed E-state index contributed by atoms with van der Waals surface area (Å²) in [5.41, 5.74) is 3.56. The predicted molar refractivity (Wildman–Crippen MR) is 146 cm³/mol. The van der Waals surface area contributed by atoms with E-state index in [-0.39, 0.29) is 29.0 Å². The van der Waals surface area contributed by atoms with Gasteiger partial charge in [-0.2, -0.15) is 5.10 Å². The zero-order valence-corrected chi connectivity index (χ0v) is 21.3. The summed E-state index contributed by atoms with van der Waals surface area (Å²) in [6, 6.07) is 20.8. The van der Waals surface area contributed by atoms with Gasteiger partial charge in [-0.25, -0.2) is 5.43 Å². The zero-order chi connectivity index (χ0) is 28.1. The second kappa shape index (κ2) is 11.5. The highest BCUT2D eigenvalue weighted by atomic mass is 35.5. The Morgan fingerprint density at radius 1 is 0.975 bits per heavy atom. The summed E-state index contributed by atoms with van der Waals surface area (Å²) in [7, 11) is 0. The lowest BCUT2D eigenvalue weighted by atomic mass is 10.1. The van der Waals surface area contributed by atoms with Crippen molar-refractivity contribution in [2.24, 2.45) is 5.10 Å². The number of hydrogen-bond acceptors (Lipinski definition) is 8. The molecule has 12 heteroatoms. The molecule has 11 nitrogen and oxygen atoms in total. The minimum Gasteiger partial charge on any atom is -0.455 e. The number of halogens is 1. The van der Waals surface area contributed by atoms with Crippen LogP contribution in [0, 0.1) is 10.1 Å². The molecular formula is C28H19ClN4O7. The summed E-state index contributed by atoms with van der Waals surface area (Å²) in [4.78, 5) is 36.2. The first-order valence-electron chi connectivity index (χ1n) is 11.7. The Balaban J connectivity index is 1.32. The number of hydrazone groups is 1. The molecule has 0 saturated heterocycles. The molecular weight excluding hydrogens is 540 g/mol.